The van der Waals surface area contributed by atoms with Gasteiger partial charge in [0.05, 0.1) is 11.1 Å². The van der Waals surface area contributed by atoms with Gasteiger partial charge in [0.2, 0.25) is 0 Å². The van der Waals surface area contributed by atoms with Gasteiger partial charge in [-0.2, -0.15) is 5.06 Å². The average molecular weight is 200 g/mol. The van der Waals surface area contributed by atoms with E-state index in [1.807, 2.05) is 13.8 Å². The van der Waals surface area contributed by atoms with Gasteiger partial charge in [0.1, 0.15) is 0 Å². The van der Waals surface area contributed by atoms with Crippen LogP contribution in [0.4, 0.5) is 4.79 Å². The van der Waals surface area contributed by atoms with Gasteiger partial charge in [0, 0.05) is 5.70 Å². The molecule has 0 aromatic rings. The minimum absolute atomic E-state index is 0.498. The molecule has 14 heavy (non-hydrogen) atoms. The molecule has 1 rings (SSSR count). The molecule has 0 radical (unpaired) electrons. The SMILES string of the molecule is CC1(C)C=C(NC(=O)O)C(C)(C)N1O. The number of carboxylic acid groups (broad SMARTS) is 1. The van der Waals surface area contributed by atoms with Crippen LogP contribution < -0.4 is 5.32 Å². The minimum Gasteiger partial charge on any atom is -0.465 e. The maximum absolute atomic E-state index is 10.5. The third kappa shape index (κ3) is 1.60. The summed E-state index contributed by atoms with van der Waals surface area (Å²) in [7, 11) is 0. The Kier molecular flexibility index (Phi) is 2.33. The van der Waals surface area contributed by atoms with E-state index >= 15 is 0 Å². The number of nitrogens with zero attached hydrogens (tertiary/aromatic N) is 1. The van der Waals surface area contributed by atoms with Crippen LogP contribution in [0, 0.1) is 0 Å². The molecule has 0 saturated carbocycles. The zero-order chi connectivity index (χ0) is 11.1. The molecule has 3 N–H and O–H groups in total. The molecule has 0 bridgehead atoms. The van der Waals surface area contributed by atoms with Gasteiger partial charge in [-0.05, 0) is 33.8 Å². The lowest BCUT2D eigenvalue weighted by atomic mass is 10.0. The van der Waals surface area contributed by atoms with E-state index in [9.17, 15) is 10.0 Å². The maximum Gasteiger partial charge on any atom is 0.408 e. The van der Waals surface area contributed by atoms with Crippen LogP contribution in [0.15, 0.2) is 11.8 Å². The Morgan fingerprint density at radius 3 is 2.21 bits per heavy atom. The third-order valence-electron chi connectivity index (χ3n) is 2.47. The van der Waals surface area contributed by atoms with Gasteiger partial charge in [-0.15, -0.1) is 0 Å². The lowest BCUT2D eigenvalue weighted by Gasteiger charge is -2.35. The monoisotopic (exact) mass is 200 g/mol. The second-order valence-electron chi connectivity index (χ2n) is 4.51. The van der Waals surface area contributed by atoms with E-state index in [0.717, 1.165) is 5.06 Å². The van der Waals surface area contributed by atoms with Crippen molar-refractivity contribution in [2.24, 2.45) is 0 Å². The number of carbonyl (C=O) groups is 1. The number of nitrogens with one attached hydrogen (secondary N) is 1. The van der Waals surface area contributed by atoms with Crippen molar-refractivity contribution in [1.29, 1.82) is 0 Å². The summed E-state index contributed by atoms with van der Waals surface area (Å²) < 4.78 is 0. The maximum atomic E-state index is 10.5. The molecule has 80 valence electrons. The van der Waals surface area contributed by atoms with Crippen LogP contribution in [0.5, 0.6) is 0 Å². The summed E-state index contributed by atoms with van der Waals surface area (Å²) in [5, 5.41) is 21.9. The standard InChI is InChI=1S/C9H16N2O3/c1-8(2)5-6(10-7(12)13)9(3,4)11(8)14/h5,10,14H,1-4H3,(H,12,13). The van der Waals surface area contributed by atoms with Crippen molar-refractivity contribution in [3.05, 3.63) is 11.8 Å². The Bertz CT molecular complexity index is 294. The van der Waals surface area contributed by atoms with E-state index in [-0.39, 0.29) is 0 Å². The van der Waals surface area contributed by atoms with Crippen molar-refractivity contribution in [3.63, 3.8) is 0 Å². The van der Waals surface area contributed by atoms with Gasteiger partial charge in [-0.1, -0.05) is 0 Å². The van der Waals surface area contributed by atoms with Crippen molar-refractivity contribution in [1.82, 2.24) is 10.4 Å². The molecule has 1 aliphatic rings. The summed E-state index contributed by atoms with van der Waals surface area (Å²) in [6, 6.07) is 0. The number of hydrogen-bond acceptors (Lipinski definition) is 3. The van der Waals surface area contributed by atoms with Gasteiger partial charge in [0.15, 0.2) is 0 Å². The first-order valence-electron chi connectivity index (χ1n) is 4.40. The molecule has 0 aromatic heterocycles. The molecule has 0 spiro atoms. The van der Waals surface area contributed by atoms with Crippen molar-refractivity contribution < 1.29 is 15.1 Å². The van der Waals surface area contributed by atoms with E-state index in [1.165, 1.54) is 0 Å². The highest BCUT2D eigenvalue weighted by Gasteiger charge is 2.45. The lowest BCUT2D eigenvalue weighted by Crippen LogP contribution is -2.49. The van der Waals surface area contributed by atoms with Crippen LogP contribution in [0.3, 0.4) is 0 Å². The summed E-state index contributed by atoms with van der Waals surface area (Å²) >= 11 is 0. The van der Waals surface area contributed by atoms with Crippen LogP contribution in [-0.4, -0.2) is 32.5 Å². The fraction of sp³-hybridized carbons (Fsp3) is 0.667. The zero-order valence-electron chi connectivity index (χ0n) is 8.83. The highest BCUT2D eigenvalue weighted by molar-refractivity contribution is 5.68. The lowest BCUT2D eigenvalue weighted by molar-refractivity contribution is -0.185. The Balaban J connectivity index is 3.00. The first-order valence-corrected chi connectivity index (χ1v) is 4.40. The van der Waals surface area contributed by atoms with Gasteiger partial charge < -0.3 is 10.3 Å². The predicted octanol–water partition coefficient (Wildman–Crippen LogP) is 1.40. The topological polar surface area (TPSA) is 72.8 Å². The summed E-state index contributed by atoms with van der Waals surface area (Å²) in [5.41, 5.74) is -0.763. The smallest absolute Gasteiger partial charge is 0.408 e. The van der Waals surface area contributed by atoms with E-state index < -0.39 is 17.2 Å². The molecule has 0 aliphatic carbocycles. The largest absolute Gasteiger partial charge is 0.465 e. The van der Waals surface area contributed by atoms with Crippen molar-refractivity contribution in [3.8, 4) is 0 Å². The summed E-state index contributed by atoms with van der Waals surface area (Å²) in [6.45, 7) is 7.13. The van der Waals surface area contributed by atoms with E-state index in [4.69, 9.17) is 5.11 Å². The van der Waals surface area contributed by atoms with Gasteiger partial charge >= 0.3 is 6.09 Å². The second kappa shape index (κ2) is 2.96. The van der Waals surface area contributed by atoms with Gasteiger partial charge in [-0.25, -0.2) is 4.79 Å². The molecule has 1 aliphatic heterocycles. The molecule has 0 saturated heterocycles. The Morgan fingerprint density at radius 2 is 1.93 bits per heavy atom. The fourth-order valence-corrected chi connectivity index (χ4v) is 1.73. The number of hydrogen-bond donors (Lipinski definition) is 3. The van der Waals surface area contributed by atoms with Crippen LogP contribution in [0.25, 0.3) is 0 Å². The molecule has 0 fully saturated rings. The molecular weight excluding hydrogens is 184 g/mol. The Morgan fingerprint density at radius 1 is 1.43 bits per heavy atom. The fourth-order valence-electron chi connectivity index (χ4n) is 1.73. The molecule has 5 heteroatoms. The first kappa shape index (κ1) is 11.0. The van der Waals surface area contributed by atoms with Crippen molar-refractivity contribution in [2.75, 3.05) is 0 Å². The van der Waals surface area contributed by atoms with Gasteiger partial charge in [-0.3, -0.25) is 5.32 Å². The van der Waals surface area contributed by atoms with Gasteiger partial charge in [0.25, 0.3) is 0 Å². The van der Waals surface area contributed by atoms with Crippen molar-refractivity contribution >= 4 is 6.09 Å². The number of hydroxylamine groups is 2. The van der Waals surface area contributed by atoms with E-state index in [2.05, 4.69) is 5.32 Å². The van der Waals surface area contributed by atoms with E-state index in [0.29, 0.717) is 5.70 Å². The quantitative estimate of drug-likeness (QED) is 0.598. The third-order valence-corrected chi connectivity index (χ3v) is 2.47. The summed E-state index contributed by atoms with van der Waals surface area (Å²) in [5.74, 6) is 0. The molecule has 1 amide bonds. The zero-order valence-corrected chi connectivity index (χ0v) is 8.83. The van der Waals surface area contributed by atoms with Crippen LogP contribution >= 0.6 is 0 Å². The van der Waals surface area contributed by atoms with Crippen LogP contribution in [0.2, 0.25) is 0 Å². The Labute approximate surface area is 83.0 Å². The van der Waals surface area contributed by atoms with Crippen LogP contribution in [-0.2, 0) is 0 Å². The first-order chi connectivity index (χ1) is 6.18. The molecule has 0 aromatic carbocycles. The number of amides is 1. The summed E-state index contributed by atoms with van der Waals surface area (Å²) in [6.07, 6.45) is 0.594. The average Bonchev–Trinajstić information content (AvgIpc) is 2.12. The molecule has 5 nitrogen and oxygen atoms in total. The number of rotatable bonds is 1. The molecular formula is C9H16N2O3. The van der Waals surface area contributed by atoms with Crippen LogP contribution in [0.1, 0.15) is 27.7 Å². The molecule has 0 unspecified atom stereocenters. The summed E-state index contributed by atoms with van der Waals surface area (Å²) in [4.78, 5) is 10.5. The second-order valence-corrected chi connectivity index (χ2v) is 4.51. The van der Waals surface area contributed by atoms with Crippen molar-refractivity contribution in [2.45, 2.75) is 38.8 Å². The van der Waals surface area contributed by atoms with E-state index in [1.54, 1.807) is 19.9 Å². The Hall–Kier alpha value is -1.07. The molecule has 0 atom stereocenters. The highest BCUT2D eigenvalue weighted by Crippen LogP contribution is 2.36. The predicted molar refractivity (Wildman–Crippen MR) is 51.0 cm³/mol. The minimum atomic E-state index is -1.12. The highest BCUT2D eigenvalue weighted by atomic mass is 16.5. The molecule has 1 heterocycles. The normalized spacial score (nSPS) is 24.5.